The van der Waals surface area contributed by atoms with Crippen molar-refractivity contribution in [2.45, 2.75) is 51.6 Å². The number of hydrogen-bond donors (Lipinski definition) is 2. The van der Waals surface area contributed by atoms with Gasteiger partial charge in [0.1, 0.15) is 6.54 Å². The van der Waals surface area contributed by atoms with Gasteiger partial charge in [-0.2, -0.15) is 0 Å². The van der Waals surface area contributed by atoms with Gasteiger partial charge in [-0.15, -0.1) is 0 Å². The third-order valence-corrected chi connectivity index (χ3v) is 2.98. The molecule has 0 fully saturated rings. The largest absolute Gasteiger partial charge is 0.550 e. The summed E-state index contributed by atoms with van der Waals surface area (Å²) in [5, 5.41) is 26.5. The summed E-state index contributed by atoms with van der Waals surface area (Å²) < 4.78 is 5.70. The molecule has 1 unspecified atom stereocenters. The summed E-state index contributed by atoms with van der Waals surface area (Å²) in [4.78, 5) is 51.8. The second-order valence-corrected chi connectivity index (χ2v) is 6.89. The van der Waals surface area contributed by atoms with Crippen LogP contribution in [0.2, 0.25) is 0 Å². The number of rotatable bonds is 12. The fourth-order valence-corrected chi connectivity index (χ4v) is 1.83. The van der Waals surface area contributed by atoms with Crippen molar-refractivity contribution >= 4 is 29.7 Å². The lowest BCUT2D eigenvalue weighted by Gasteiger charge is -2.29. The number of carboxylic acids is 3. The molecule has 0 aliphatic rings. The molecule has 10 heteroatoms. The van der Waals surface area contributed by atoms with E-state index in [1.54, 1.807) is 0 Å². The average molecular weight is 391 g/mol. The molecule has 0 aromatic heterocycles. The zero-order valence-electron chi connectivity index (χ0n) is 16.2. The molecule has 27 heavy (non-hydrogen) atoms. The molecule has 10 nitrogen and oxygen atoms in total. The molecule has 0 rings (SSSR count). The van der Waals surface area contributed by atoms with Crippen LogP contribution in [0.25, 0.3) is 0 Å². The van der Waals surface area contributed by atoms with Crippen molar-refractivity contribution in [1.29, 1.82) is 0 Å². The number of hydrogen-bond acceptors (Lipinski definition) is 7. The summed E-state index contributed by atoms with van der Waals surface area (Å²) in [7, 11) is 5.76. The van der Waals surface area contributed by atoms with Crippen molar-refractivity contribution in [1.82, 2.24) is 0 Å². The number of likely N-dealkylation sites (N-methyl/N-ethyl adjacent to an activating group) is 1. The first-order chi connectivity index (χ1) is 12.3. The predicted octanol–water partition coefficient (Wildman–Crippen LogP) is -0.560. The van der Waals surface area contributed by atoms with E-state index in [1.165, 1.54) is 0 Å². The van der Waals surface area contributed by atoms with Crippen LogP contribution in [0.5, 0.6) is 0 Å². The van der Waals surface area contributed by atoms with E-state index in [1.807, 2.05) is 28.1 Å². The average Bonchev–Trinajstić information content (AvgIpc) is 2.48. The summed E-state index contributed by atoms with van der Waals surface area (Å²) in [5.41, 5.74) is 0. The van der Waals surface area contributed by atoms with Crippen molar-refractivity contribution in [3.63, 3.8) is 0 Å². The highest BCUT2D eigenvalue weighted by atomic mass is 16.5. The van der Waals surface area contributed by atoms with Crippen LogP contribution in [-0.4, -0.2) is 78.1 Å². The molecule has 0 saturated carbocycles. The Hall–Kier alpha value is -2.49. The molecule has 0 aliphatic carbocycles. The molecule has 0 saturated heterocycles. The first-order valence-electron chi connectivity index (χ1n) is 8.46. The highest BCUT2D eigenvalue weighted by Gasteiger charge is 2.22. The molecule has 0 aromatic rings. The number of carboxylic acid groups (broad SMARTS) is 3. The number of unbranched alkanes of at least 4 members (excludes halogenated alkanes) is 1. The second-order valence-electron chi connectivity index (χ2n) is 6.89. The molecule has 0 amide bonds. The number of ether oxygens (including phenoxy) is 1. The maximum absolute atomic E-state index is 11.4. The SMILES string of the molecule is CCCCC(=O)OC(CC(=O)[O-])C[N+](C)(C)C.O=C(O)CCC(=O)C(=O)O. The number of quaternary nitrogens is 1. The third-order valence-electron chi connectivity index (χ3n) is 2.98. The summed E-state index contributed by atoms with van der Waals surface area (Å²) in [6.07, 6.45) is 0.307. The van der Waals surface area contributed by atoms with Crippen LogP contribution in [0.3, 0.4) is 0 Å². The Morgan fingerprint density at radius 1 is 1.00 bits per heavy atom. The molecule has 156 valence electrons. The van der Waals surface area contributed by atoms with Crippen LogP contribution in [0.15, 0.2) is 0 Å². The third kappa shape index (κ3) is 19.7. The zero-order chi connectivity index (χ0) is 21.6. The number of aliphatic carboxylic acids is 3. The van der Waals surface area contributed by atoms with Gasteiger partial charge in [0.2, 0.25) is 5.78 Å². The Balaban J connectivity index is 0. The minimum atomic E-state index is -1.58. The Morgan fingerprint density at radius 3 is 1.93 bits per heavy atom. The maximum Gasteiger partial charge on any atom is 0.372 e. The Bertz CT molecular complexity index is 523. The maximum atomic E-state index is 11.4. The van der Waals surface area contributed by atoms with Gasteiger partial charge in [0.15, 0.2) is 6.10 Å². The molecule has 0 spiro atoms. The lowest BCUT2D eigenvalue weighted by molar-refractivity contribution is -0.873. The lowest BCUT2D eigenvalue weighted by atomic mass is 10.2. The van der Waals surface area contributed by atoms with Gasteiger partial charge in [-0.05, 0) is 6.42 Å². The summed E-state index contributed by atoms with van der Waals surface area (Å²) in [5.74, 6) is -5.34. The van der Waals surface area contributed by atoms with E-state index >= 15 is 0 Å². The molecule has 0 heterocycles. The number of esters is 1. The highest BCUT2D eigenvalue weighted by molar-refractivity contribution is 6.32. The Kier molecular flexibility index (Phi) is 13.5. The fraction of sp³-hybridized carbons (Fsp3) is 0.706. The van der Waals surface area contributed by atoms with Crippen LogP contribution in [0, 0.1) is 0 Å². The topological polar surface area (TPSA) is 158 Å². The Labute approximate surface area is 158 Å². The van der Waals surface area contributed by atoms with Gasteiger partial charge in [0.25, 0.3) is 0 Å². The Morgan fingerprint density at radius 2 is 1.56 bits per heavy atom. The quantitative estimate of drug-likeness (QED) is 0.253. The molecular formula is C17H29NO9. The normalized spacial score (nSPS) is 11.6. The fourth-order valence-electron chi connectivity index (χ4n) is 1.83. The number of carbonyl (C=O) groups is 5. The van der Waals surface area contributed by atoms with Crippen LogP contribution in [0.1, 0.15) is 45.4 Å². The van der Waals surface area contributed by atoms with Gasteiger partial charge in [0, 0.05) is 25.2 Å². The number of Topliss-reactive ketones (excluding diaryl/α,β-unsaturated/α-hetero) is 1. The number of ketones is 1. The minimum absolute atomic E-state index is 0.243. The van der Waals surface area contributed by atoms with Crippen molar-refractivity contribution < 1.29 is 48.5 Å². The van der Waals surface area contributed by atoms with E-state index in [9.17, 15) is 29.1 Å². The number of carbonyl (C=O) groups excluding carboxylic acids is 3. The van der Waals surface area contributed by atoms with Gasteiger partial charge < -0.3 is 29.3 Å². The van der Waals surface area contributed by atoms with E-state index in [4.69, 9.17) is 14.9 Å². The second kappa shape index (κ2) is 13.7. The minimum Gasteiger partial charge on any atom is -0.550 e. The summed E-state index contributed by atoms with van der Waals surface area (Å²) in [6.45, 7) is 2.45. The predicted molar refractivity (Wildman–Crippen MR) is 91.4 cm³/mol. The van der Waals surface area contributed by atoms with Gasteiger partial charge in [-0.25, -0.2) is 4.79 Å². The van der Waals surface area contributed by atoms with E-state index in [0.717, 1.165) is 12.8 Å². The molecule has 0 aromatic carbocycles. The summed E-state index contributed by atoms with van der Waals surface area (Å²) in [6, 6.07) is 0. The summed E-state index contributed by atoms with van der Waals surface area (Å²) >= 11 is 0. The van der Waals surface area contributed by atoms with E-state index in [2.05, 4.69) is 0 Å². The molecule has 0 bridgehead atoms. The van der Waals surface area contributed by atoms with Crippen LogP contribution in [0.4, 0.5) is 0 Å². The van der Waals surface area contributed by atoms with Crippen molar-refractivity contribution in [3.05, 3.63) is 0 Å². The van der Waals surface area contributed by atoms with Crippen molar-refractivity contribution in [2.75, 3.05) is 27.7 Å². The first-order valence-corrected chi connectivity index (χ1v) is 8.46. The van der Waals surface area contributed by atoms with Crippen LogP contribution in [-0.2, 0) is 28.7 Å². The van der Waals surface area contributed by atoms with E-state index in [-0.39, 0.29) is 12.4 Å². The lowest BCUT2D eigenvalue weighted by Crippen LogP contribution is -2.45. The van der Waals surface area contributed by atoms with Gasteiger partial charge >= 0.3 is 17.9 Å². The standard InChI is InChI=1S/C12H23NO4.C5H6O5/c1-5-6-7-12(16)17-10(8-11(14)15)9-13(2,3)4;6-3(5(9)10)1-2-4(7)8/h10H,5-9H2,1-4H3;1-2H2,(H,7,8)(H,9,10). The van der Waals surface area contributed by atoms with Gasteiger partial charge in [-0.1, -0.05) is 13.3 Å². The molecule has 0 radical (unpaired) electrons. The van der Waals surface area contributed by atoms with Crippen LogP contribution >= 0.6 is 0 Å². The van der Waals surface area contributed by atoms with Gasteiger partial charge in [0.05, 0.1) is 27.6 Å². The molecular weight excluding hydrogens is 362 g/mol. The molecule has 2 N–H and O–H groups in total. The van der Waals surface area contributed by atoms with Crippen molar-refractivity contribution in [3.8, 4) is 0 Å². The smallest absolute Gasteiger partial charge is 0.372 e. The van der Waals surface area contributed by atoms with Crippen LogP contribution < -0.4 is 5.11 Å². The molecule has 0 aliphatic heterocycles. The van der Waals surface area contributed by atoms with E-state index in [0.29, 0.717) is 17.4 Å². The van der Waals surface area contributed by atoms with Gasteiger partial charge in [-0.3, -0.25) is 14.4 Å². The monoisotopic (exact) mass is 391 g/mol. The zero-order valence-corrected chi connectivity index (χ0v) is 16.2. The van der Waals surface area contributed by atoms with E-state index < -0.39 is 42.6 Å². The number of nitrogens with zero attached hydrogens (tertiary/aromatic N) is 1. The first kappa shape index (κ1) is 26.7. The highest BCUT2D eigenvalue weighted by Crippen LogP contribution is 2.07. The van der Waals surface area contributed by atoms with Crippen molar-refractivity contribution in [2.24, 2.45) is 0 Å². The molecule has 1 atom stereocenters.